The average molecular weight is 247 g/mol. The van der Waals surface area contributed by atoms with Gasteiger partial charge in [0.05, 0.1) is 6.07 Å². The number of hydrogen-bond donors (Lipinski definition) is 0. The molecule has 1 heterocycles. The third-order valence-corrected chi connectivity index (χ3v) is 3.32. The third-order valence-electron chi connectivity index (χ3n) is 3.32. The molecule has 0 N–H and O–H groups in total. The zero-order chi connectivity index (χ0) is 12.8. The van der Waals surface area contributed by atoms with Gasteiger partial charge in [-0.25, -0.2) is 4.39 Å². The van der Waals surface area contributed by atoms with Crippen LogP contribution < -0.4 is 0 Å². The summed E-state index contributed by atoms with van der Waals surface area (Å²) in [6.45, 7) is 5.82. The lowest BCUT2D eigenvalue weighted by Gasteiger charge is -2.34. The molecular formula is C14H18FN3. The number of hydrogen-bond acceptors (Lipinski definition) is 3. The van der Waals surface area contributed by atoms with Gasteiger partial charge in [0.2, 0.25) is 0 Å². The Bertz CT molecular complexity index is 402. The van der Waals surface area contributed by atoms with E-state index in [-0.39, 0.29) is 5.82 Å². The molecule has 1 saturated heterocycles. The Balaban J connectivity index is 1.76. The van der Waals surface area contributed by atoms with Crippen molar-refractivity contribution in [1.82, 2.24) is 9.80 Å². The predicted octanol–water partition coefficient (Wildman–Crippen LogP) is 1.86. The molecule has 1 aromatic rings. The van der Waals surface area contributed by atoms with Crippen molar-refractivity contribution in [3.63, 3.8) is 0 Å². The molecule has 2 rings (SSSR count). The van der Waals surface area contributed by atoms with Crippen LogP contribution in [0, 0.1) is 17.1 Å². The molecule has 0 amide bonds. The summed E-state index contributed by atoms with van der Waals surface area (Å²) in [5.74, 6) is -0.180. The predicted molar refractivity (Wildman–Crippen MR) is 68.3 cm³/mol. The lowest BCUT2D eigenvalue weighted by atomic mass is 10.2. The summed E-state index contributed by atoms with van der Waals surface area (Å²) < 4.78 is 12.8. The zero-order valence-electron chi connectivity index (χ0n) is 10.5. The van der Waals surface area contributed by atoms with Gasteiger partial charge in [0.1, 0.15) is 5.82 Å². The largest absolute Gasteiger partial charge is 0.300 e. The number of piperazine rings is 1. The van der Waals surface area contributed by atoms with E-state index < -0.39 is 0 Å². The number of nitrogens with zero attached hydrogens (tertiary/aromatic N) is 3. The van der Waals surface area contributed by atoms with E-state index in [0.29, 0.717) is 6.42 Å². The van der Waals surface area contributed by atoms with Crippen LogP contribution in [0.15, 0.2) is 24.3 Å². The molecule has 0 aromatic heterocycles. The fraction of sp³-hybridized carbons (Fsp3) is 0.500. The molecule has 0 unspecified atom stereocenters. The Labute approximate surface area is 107 Å². The first-order chi connectivity index (χ1) is 8.78. The molecule has 1 aliphatic heterocycles. The number of benzene rings is 1. The maximum Gasteiger partial charge on any atom is 0.123 e. The van der Waals surface area contributed by atoms with Crippen LogP contribution in [0.1, 0.15) is 12.0 Å². The summed E-state index contributed by atoms with van der Waals surface area (Å²) >= 11 is 0. The van der Waals surface area contributed by atoms with Gasteiger partial charge in [0.15, 0.2) is 0 Å². The van der Waals surface area contributed by atoms with E-state index >= 15 is 0 Å². The van der Waals surface area contributed by atoms with Crippen LogP contribution in [-0.2, 0) is 6.54 Å². The van der Waals surface area contributed by atoms with Crippen LogP contribution in [-0.4, -0.2) is 42.5 Å². The molecule has 4 heteroatoms. The van der Waals surface area contributed by atoms with Gasteiger partial charge in [-0.2, -0.15) is 5.26 Å². The van der Waals surface area contributed by atoms with Gasteiger partial charge in [-0.3, -0.25) is 9.80 Å². The number of nitriles is 1. The molecule has 3 nitrogen and oxygen atoms in total. The SMILES string of the molecule is N#CCCN1CCN(Cc2ccc(F)cc2)CC1. The van der Waals surface area contributed by atoms with Crippen molar-refractivity contribution in [1.29, 1.82) is 5.26 Å². The monoisotopic (exact) mass is 247 g/mol. The maximum absolute atomic E-state index is 12.8. The van der Waals surface area contributed by atoms with Crippen molar-refractivity contribution in [2.45, 2.75) is 13.0 Å². The molecule has 96 valence electrons. The van der Waals surface area contributed by atoms with Crippen LogP contribution in [0.5, 0.6) is 0 Å². The second kappa shape index (κ2) is 6.48. The van der Waals surface area contributed by atoms with Gasteiger partial charge in [0.25, 0.3) is 0 Å². The van der Waals surface area contributed by atoms with Crippen molar-refractivity contribution in [2.24, 2.45) is 0 Å². The average Bonchev–Trinajstić information content (AvgIpc) is 2.41. The minimum atomic E-state index is -0.180. The van der Waals surface area contributed by atoms with E-state index in [1.165, 1.54) is 12.1 Å². The lowest BCUT2D eigenvalue weighted by molar-refractivity contribution is 0.129. The summed E-state index contributed by atoms with van der Waals surface area (Å²) in [7, 11) is 0. The van der Waals surface area contributed by atoms with Crippen molar-refractivity contribution >= 4 is 0 Å². The van der Waals surface area contributed by atoms with Gasteiger partial charge in [-0.05, 0) is 17.7 Å². The standard InChI is InChI=1S/C14H18FN3/c15-14-4-2-13(3-5-14)12-18-10-8-17(9-11-18)7-1-6-16/h2-5H,1,7-12H2. The molecule has 0 saturated carbocycles. The van der Waals surface area contributed by atoms with E-state index in [0.717, 1.165) is 44.8 Å². The van der Waals surface area contributed by atoms with E-state index in [9.17, 15) is 4.39 Å². The van der Waals surface area contributed by atoms with Crippen LogP contribution >= 0.6 is 0 Å². The molecule has 0 atom stereocenters. The molecule has 0 radical (unpaired) electrons. The second-order valence-electron chi connectivity index (χ2n) is 4.65. The van der Waals surface area contributed by atoms with Gasteiger partial charge >= 0.3 is 0 Å². The third kappa shape index (κ3) is 3.80. The first kappa shape index (κ1) is 13.0. The van der Waals surface area contributed by atoms with Crippen LogP contribution in [0.4, 0.5) is 4.39 Å². The van der Waals surface area contributed by atoms with Crippen LogP contribution in [0.2, 0.25) is 0 Å². The second-order valence-corrected chi connectivity index (χ2v) is 4.65. The van der Waals surface area contributed by atoms with E-state index in [1.807, 2.05) is 12.1 Å². The highest BCUT2D eigenvalue weighted by Gasteiger charge is 2.16. The first-order valence-electron chi connectivity index (χ1n) is 6.34. The van der Waals surface area contributed by atoms with Gasteiger partial charge in [-0.1, -0.05) is 12.1 Å². The Morgan fingerprint density at radius 2 is 1.67 bits per heavy atom. The highest BCUT2D eigenvalue weighted by atomic mass is 19.1. The van der Waals surface area contributed by atoms with E-state index in [2.05, 4.69) is 15.9 Å². The Morgan fingerprint density at radius 3 is 2.28 bits per heavy atom. The summed E-state index contributed by atoms with van der Waals surface area (Å²) in [6.07, 6.45) is 0.609. The smallest absolute Gasteiger partial charge is 0.123 e. The Hall–Kier alpha value is -1.44. The highest BCUT2D eigenvalue weighted by molar-refractivity contribution is 5.15. The van der Waals surface area contributed by atoms with Gasteiger partial charge < -0.3 is 0 Å². The minimum absolute atomic E-state index is 0.180. The van der Waals surface area contributed by atoms with Crippen molar-refractivity contribution in [2.75, 3.05) is 32.7 Å². The molecule has 18 heavy (non-hydrogen) atoms. The minimum Gasteiger partial charge on any atom is -0.300 e. The fourth-order valence-corrected chi connectivity index (χ4v) is 2.23. The van der Waals surface area contributed by atoms with Gasteiger partial charge in [0, 0.05) is 45.7 Å². The number of halogens is 1. The summed E-state index contributed by atoms with van der Waals surface area (Å²) in [6, 6.07) is 8.89. The fourth-order valence-electron chi connectivity index (χ4n) is 2.23. The molecule has 1 aliphatic rings. The molecule has 1 fully saturated rings. The van der Waals surface area contributed by atoms with Crippen LogP contribution in [0.25, 0.3) is 0 Å². The quantitative estimate of drug-likeness (QED) is 0.813. The lowest BCUT2D eigenvalue weighted by Crippen LogP contribution is -2.46. The normalized spacial score (nSPS) is 17.6. The van der Waals surface area contributed by atoms with Crippen molar-refractivity contribution < 1.29 is 4.39 Å². The Morgan fingerprint density at radius 1 is 1.06 bits per heavy atom. The van der Waals surface area contributed by atoms with Crippen molar-refractivity contribution in [3.05, 3.63) is 35.6 Å². The van der Waals surface area contributed by atoms with E-state index in [4.69, 9.17) is 5.26 Å². The zero-order valence-corrected chi connectivity index (χ0v) is 10.5. The molecule has 0 spiro atoms. The topological polar surface area (TPSA) is 30.3 Å². The van der Waals surface area contributed by atoms with Gasteiger partial charge in [-0.15, -0.1) is 0 Å². The Kier molecular flexibility index (Phi) is 4.68. The highest BCUT2D eigenvalue weighted by Crippen LogP contribution is 2.09. The summed E-state index contributed by atoms with van der Waals surface area (Å²) in [4.78, 5) is 4.69. The molecule has 0 bridgehead atoms. The molecule has 0 aliphatic carbocycles. The maximum atomic E-state index is 12.8. The summed E-state index contributed by atoms with van der Waals surface area (Å²) in [5.41, 5.74) is 1.15. The number of rotatable bonds is 4. The summed E-state index contributed by atoms with van der Waals surface area (Å²) in [5, 5.41) is 8.55. The van der Waals surface area contributed by atoms with Crippen LogP contribution in [0.3, 0.4) is 0 Å². The molecule has 1 aromatic carbocycles. The van der Waals surface area contributed by atoms with E-state index in [1.54, 1.807) is 0 Å². The molecular weight excluding hydrogens is 229 g/mol. The van der Waals surface area contributed by atoms with Crippen molar-refractivity contribution in [3.8, 4) is 6.07 Å². The first-order valence-corrected chi connectivity index (χ1v) is 6.34.